The van der Waals surface area contributed by atoms with Gasteiger partial charge in [0, 0.05) is 10.7 Å². The van der Waals surface area contributed by atoms with Crippen molar-refractivity contribution >= 4 is 38.9 Å². The minimum Gasteiger partial charge on any atom is -0.330 e. The summed E-state index contributed by atoms with van der Waals surface area (Å²) >= 11 is 11.7. The standard InChI is InChI=1S/C14H14Cl2N2O2S.C3H8/c15-11-3-6-14(13(16)9-11)21(19,20)18-12-4-1-10(2-5-12)7-8-17;1-3-2/h1-6,9,18H,7-8,17H2;3H2,1-2H3. The lowest BCUT2D eigenvalue weighted by Gasteiger charge is -2.10. The van der Waals surface area contributed by atoms with Crippen LogP contribution < -0.4 is 10.5 Å². The molecule has 2 aromatic carbocycles. The molecule has 0 unspecified atom stereocenters. The molecule has 132 valence electrons. The number of sulfonamides is 1. The molecule has 3 N–H and O–H groups in total. The maximum Gasteiger partial charge on any atom is 0.263 e. The minimum atomic E-state index is -3.75. The van der Waals surface area contributed by atoms with Gasteiger partial charge in [-0.3, -0.25) is 4.72 Å². The predicted molar refractivity (Wildman–Crippen MR) is 102 cm³/mol. The molecule has 0 aliphatic rings. The first-order valence-corrected chi connectivity index (χ1v) is 9.84. The molecule has 0 radical (unpaired) electrons. The van der Waals surface area contributed by atoms with Gasteiger partial charge in [-0.05, 0) is 48.9 Å². The third-order valence-electron chi connectivity index (χ3n) is 2.82. The van der Waals surface area contributed by atoms with E-state index in [0.717, 1.165) is 12.0 Å². The molecule has 0 bridgehead atoms. The molecule has 4 nitrogen and oxygen atoms in total. The third kappa shape index (κ3) is 6.32. The molecule has 24 heavy (non-hydrogen) atoms. The van der Waals surface area contributed by atoms with Crippen LogP contribution in [-0.4, -0.2) is 15.0 Å². The van der Waals surface area contributed by atoms with Gasteiger partial charge in [0.1, 0.15) is 4.90 Å². The van der Waals surface area contributed by atoms with Crippen molar-refractivity contribution < 1.29 is 8.42 Å². The molecule has 0 atom stereocenters. The normalized spacial score (nSPS) is 10.7. The summed E-state index contributed by atoms with van der Waals surface area (Å²) in [4.78, 5) is -0.0143. The molecule has 7 heteroatoms. The first kappa shape index (κ1) is 20.8. The van der Waals surface area contributed by atoms with Crippen LogP contribution in [0.4, 0.5) is 5.69 Å². The van der Waals surface area contributed by atoms with E-state index in [1.54, 1.807) is 12.1 Å². The van der Waals surface area contributed by atoms with Gasteiger partial charge < -0.3 is 5.73 Å². The monoisotopic (exact) mass is 388 g/mol. The van der Waals surface area contributed by atoms with Gasteiger partial charge in [-0.25, -0.2) is 8.42 Å². The van der Waals surface area contributed by atoms with Gasteiger partial charge in [0.2, 0.25) is 0 Å². The molecule has 0 aliphatic heterocycles. The number of anilines is 1. The van der Waals surface area contributed by atoms with Crippen LogP contribution in [-0.2, 0) is 16.4 Å². The lowest BCUT2D eigenvalue weighted by Crippen LogP contribution is -2.13. The number of nitrogens with one attached hydrogen (secondary N) is 1. The molecule has 0 aromatic heterocycles. The van der Waals surface area contributed by atoms with Gasteiger partial charge in [0.15, 0.2) is 0 Å². The molecule has 0 saturated heterocycles. The molecule has 0 aliphatic carbocycles. The van der Waals surface area contributed by atoms with Crippen molar-refractivity contribution in [2.24, 2.45) is 5.73 Å². The summed E-state index contributed by atoms with van der Waals surface area (Å²) in [5.74, 6) is 0. The summed E-state index contributed by atoms with van der Waals surface area (Å²) in [6.07, 6.45) is 2.00. The van der Waals surface area contributed by atoms with Crippen molar-refractivity contribution in [2.75, 3.05) is 11.3 Å². The highest BCUT2D eigenvalue weighted by atomic mass is 35.5. The fourth-order valence-electron chi connectivity index (χ4n) is 1.81. The average molecular weight is 389 g/mol. The van der Waals surface area contributed by atoms with Gasteiger partial charge in [-0.1, -0.05) is 55.6 Å². The summed E-state index contributed by atoms with van der Waals surface area (Å²) in [6.45, 7) is 4.80. The highest BCUT2D eigenvalue weighted by Gasteiger charge is 2.18. The van der Waals surface area contributed by atoms with Gasteiger partial charge in [0.25, 0.3) is 10.0 Å². The zero-order valence-corrected chi connectivity index (χ0v) is 16.0. The Morgan fingerprint density at radius 3 is 2.12 bits per heavy atom. The molecule has 0 heterocycles. The largest absolute Gasteiger partial charge is 0.330 e. The maximum atomic E-state index is 12.3. The SMILES string of the molecule is CCC.NCCc1ccc(NS(=O)(=O)c2ccc(Cl)cc2Cl)cc1. The first-order chi connectivity index (χ1) is 11.3. The number of rotatable bonds is 5. The van der Waals surface area contributed by atoms with Crippen LogP contribution >= 0.6 is 23.2 Å². The predicted octanol–water partition coefficient (Wildman–Crippen LogP) is 4.71. The fraction of sp³-hybridized carbons (Fsp3) is 0.294. The molecule has 2 aromatic rings. The van der Waals surface area contributed by atoms with Crippen molar-refractivity contribution in [3.05, 3.63) is 58.1 Å². The Morgan fingerprint density at radius 1 is 1.04 bits per heavy atom. The number of hydrogen-bond donors (Lipinski definition) is 2. The van der Waals surface area contributed by atoms with Crippen LogP contribution in [0.1, 0.15) is 25.8 Å². The number of hydrogen-bond acceptors (Lipinski definition) is 3. The third-order valence-corrected chi connectivity index (χ3v) is 4.92. The zero-order valence-electron chi connectivity index (χ0n) is 13.7. The number of benzene rings is 2. The van der Waals surface area contributed by atoms with E-state index in [9.17, 15) is 8.42 Å². The smallest absolute Gasteiger partial charge is 0.263 e. The summed E-state index contributed by atoms with van der Waals surface area (Å²) in [7, 11) is -3.75. The lowest BCUT2D eigenvalue weighted by molar-refractivity contribution is 0.601. The van der Waals surface area contributed by atoms with Crippen LogP contribution in [0.5, 0.6) is 0 Å². The van der Waals surface area contributed by atoms with Crippen LogP contribution in [0.25, 0.3) is 0 Å². The van der Waals surface area contributed by atoms with Crippen molar-refractivity contribution in [1.82, 2.24) is 0 Å². The summed E-state index contributed by atoms with van der Waals surface area (Å²) in [6, 6.07) is 11.3. The lowest BCUT2D eigenvalue weighted by atomic mass is 10.1. The van der Waals surface area contributed by atoms with Crippen molar-refractivity contribution in [2.45, 2.75) is 31.6 Å². The molecule has 0 fully saturated rings. The highest BCUT2D eigenvalue weighted by molar-refractivity contribution is 7.92. The molecule has 2 rings (SSSR count). The minimum absolute atomic E-state index is 0.0143. The van der Waals surface area contributed by atoms with Crippen molar-refractivity contribution in [3.63, 3.8) is 0 Å². The average Bonchev–Trinajstić information content (AvgIpc) is 2.49. The Labute approximate surface area is 154 Å². The van der Waals surface area contributed by atoms with Crippen molar-refractivity contribution in [1.29, 1.82) is 0 Å². The Morgan fingerprint density at radius 2 is 1.62 bits per heavy atom. The second-order valence-electron chi connectivity index (χ2n) is 5.12. The second-order valence-corrected chi connectivity index (χ2v) is 7.62. The van der Waals surface area contributed by atoms with E-state index < -0.39 is 10.0 Å². The summed E-state index contributed by atoms with van der Waals surface area (Å²) in [5.41, 5.74) is 6.97. The van der Waals surface area contributed by atoms with Gasteiger partial charge >= 0.3 is 0 Å². The van der Waals surface area contributed by atoms with E-state index in [0.29, 0.717) is 17.3 Å². The van der Waals surface area contributed by atoms with E-state index in [2.05, 4.69) is 18.6 Å². The molecular weight excluding hydrogens is 367 g/mol. The molecular formula is C17H22Cl2N2O2S. The molecule has 0 saturated carbocycles. The zero-order chi connectivity index (χ0) is 18.2. The first-order valence-electron chi connectivity index (χ1n) is 7.60. The van der Waals surface area contributed by atoms with E-state index >= 15 is 0 Å². The Kier molecular flexibility index (Phi) is 8.56. The quantitative estimate of drug-likeness (QED) is 0.778. The highest BCUT2D eigenvalue weighted by Crippen LogP contribution is 2.26. The molecule has 0 amide bonds. The Balaban J connectivity index is 0.000000891. The Hall–Kier alpha value is -1.27. The topological polar surface area (TPSA) is 72.2 Å². The van der Waals surface area contributed by atoms with E-state index in [1.165, 1.54) is 24.6 Å². The summed E-state index contributed by atoms with van der Waals surface area (Å²) in [5, 5.41) is 0.458. The molecule has 0 spiro atoms. The van der Waals surface area contributed by atoms with E-state index in [-0.39, 0.29) is 9.92 Å². The van der Waals surface area contributed by atoms with Gasteiger partial charge in [0.05, 0.1) is 5.02 Å². The van der Waals surface area contributed by atoms with E-state index in [4.69, 9.17) is 28.9 Å². The Bertz CT molecular complexity index is 748. The van der Waals surface area contributed by atoms with Crippen LogP contribution in [0.15, 0.2) is 47.4 Å². The van der Waals surface area contributed by atoms with Gasteiger partial charge in [-0.2, -0.15) is 0 Å². The second kappa shape index (κ2) is 9.89. The fourth-order valence-corrected chi connectivity index (χ4v) is 3.64. The van der Waals surface area contributed by atoms with Crippen LogP contribution in [0.3, 0.4) is 0 Å². The van der Waals surface area contributed by atoms with Crippen LogP contribution in [0.2, 0.25) is 10.0 Å². The van der Waals surface area contributed by atoms with Crippen LogP contribution in [0, 0.1) is 0 Å². The van der Waals surface area contributed by atoms with Gasteiger partial charge in [-0.15, -0.1) is 0 Å². The number of halogens is 2. The number of nitrogens with two attached hydrogens (primary N) is 1. The summed E-state index contributed by atoms with van der Waals surface area (Å²) < 4.78 is 27.0. The maximum absolute atomic E-state index is 12.3. The van der Waals surface area contributed by atoms with Crippen molar-refractivity contribution in [3.8, 4) is 0 Å². The van der Waals surface area contributed by atoms with E-state index in [1.807, 2.05) is 12.1 Å².